The van der Waals surface area contributed by atoms with Crippen LogP contribution in [0.3, 0.4) is 0 Å². The van der Waals surface area contributed by atoms with Gasteiger partial charge in [0.15, 0.2) is 5.60 Å². The maximum atomic E-state index is 12.9. The summed E-state index contributed by atoms with van der Waals surface area (Å²) in [6, 6.07) is 5.43. The van der Waals surface area contributed by atoms with Crippen LogP contribution in [-0.4, -0.2) is 40.7 Å². The summed E-state index contributed by atoms with van der Waals surface area (Å²) in [6.45, 7) is 6.00. The molecule has 1 amide bonds. The summed E-state index contributed by atoms with van der Waals surface area (Å²) in [7, 11) is 0. The number of amides is 1. The number of likely N-dealkylation sites (tertiary alicyclic amines) is 1. The molecule has 1 N–H and O–H groups in total. The number of aliphatic hydroxyl groups is 1. The topological polar surface area (TPSA) is 49.8 Å². The Morgan fingerprint density at radius 3 is 2.62 bits per heavy atom. The van der Waals surface area contributed by atoms with Gasteiger partial charge in [-0.3, -0.25) is 4.79 Å². The van der Waals surface area contributed by atoms with E-state index in [1.165, 1.54) is 24.3 Å². The fourth-order valence-electron chi connectivity index (χ4n) is 2.73. The van der Waals surface area contributed by atoms with E-state index >= 15 is 0 Å². The van der Waals surface area contributed by atoms with Crippen molar-refractivity contribution < 1.29 is 19.0 Å². The number of carbonyl (C=O) groups is 1. The highest BCUT2D eigenvalue weighted by Gasteiger charge is 2.41. The minimum absolute atomic E-state index is 0.0421. The molecule has 0 aliphatic carbocycles. The zero-order chi connectivity index (χ0) is 15.6. The summed E-state index contributed by atoms with van der Waals surface area (Å²) >= 11 is 0. The largest absolute Gasteiger partial charge is 0.478 e. The van der Waals surface area contributed by atoms with E-state index in [4.69, 9.17) is 4.74 Å². The number of hydrogen-bond donors (Lipinski definition) is 1. The molecule has 5 heteroatoms. The predicted molar refractivity (Wildman–Crippen MR) is 77.5 cm³/mol. The van der Waals surface area contributed by atoms with E-state index in [1.807, 2.05) is 6.92 Å². The number of aliphatic hydroxyl groups excluding tert-OH is 1. The van der Waals surface area contributed by atoms with E-state index in [9.17, 15) is 14.3 Å². The van der Waals surface area contributed by atoms with Gasteiger partial charge in [0.1, 0.15) is 11.6 Å². The number of carbonyl (C=O) groups excluding carboxylic acids is 1. The standard InChI is InChI=1S/C16H22FNO3/c1-11-8-9-18(14(11)10-19)15(20)16(2,3)21-13-6-4-12(17)5-7-13/h4-7,11,14,19H,8-10H2,1-3H3. The summed E-state index contributed by atoms with van der Waals surface area (Å²) in [5.41, 5.74) is -1.06. The molecule has 1 heterocycles. The lowest BCUT2D eigenvalue weighted by atomic mass is 10.0. The molecule has 2 atom stereocenters. The molecule has 1 aromatic rings. The molecule has 1 aliphatic rings. The van der Waals surface area contributed by atoms with Crippen molar-refractivity contribution in [3.63, 3.8) is 0 Å². The summed E-state index contributed by atoms with van der Waals surface area (Å²) in [6.07, 6.45) is 0.879. The van der Waals surface area contributed by atoms with Gasteiger partial charge >= 0.3 is 0 Å². The zero-order valence-electron chi connectivity index (χ0n) is 12.7. The van der Waals surface area contributed by atoms with E-state index in [0.29, 0.717) is 12.3 Å². The Kier molecular flexibility index (Phi) is 4.52. The Morgan fingerprint density at radius 2 is 2.05 bits per heavy atom. The molecule has 116 valence electrons. The van der Waals surface area contributed by atoms with E-state index in [1.54, 1.807) is 18.7 Å². The molecule has 4 nitrogen and oxygen atoms in total. The minimum Gasteiger partial charge on any atom is -0.478 e. The third-order valence-corrected chi connectivity index (χ3v) is 4.03. The monoisotopic (exact) mass is 295 g/mol. The summed E-state index contributed by atoms with van der Waals surface area (Å²) in [5, 5.41) is 9.47. The Hall–Kier alpha value is -1.62. The van der Waals surface area contributed by atoms with Crippen LogP contribution in [0.5, 0.6) is 5.75 Å². The quantitative estimate of drug-likeness (QED) is 0.926. The number of nitrogens with zero attached hydrogens (tertiary/aromatic N) is 1. The average molecular weight is 295 g/mol. The lowest BCUT2D eigenvalue weighted by molar-refractivity contribution is -0.147. The van der Waals surface area contributed by atoms with Crippen molar-refractivity contribution in [1.29, 1.82) is 0 Å². The van der Waals surface area contributed by atoms with Gasteiger partial charge < -0.3 is 14.7 Å². The second kappa shape index (κ2) is 6.02. The van der Waals surface area contributed by atoms with Crippen LogP contribution in [0.15, 0.2) is 24.3 Å². The van der Waals surface area contributed by atoms with Crippen molar-refractivity contribution in [2.75, 3.05) is 13.2 Å². The SMILES string of the molecule is CC1CCN(C(=O)C(C)(C)Oc2ccc(F)cc2)C1CO. The number of halogens is 1. The first-order chi connectivity index (χ1) is 9.85. The second-order valence-electron chi connectivity index (χ2n) is 6.08. The van der Waals surface area contributed by atoms with Gasteiger partial charge in [-0.2, -0.15) is 0 Å². The molecule has 0 saturated carbocycles. The number of hydrogen-bond acceptors (Lipinski definition) is 3. The van der Waals surface area contributed by atoms with Crippen LogP contribution in [0.2, 0.25) is 0 Å². The second-order valence-corrected chi connectivity index (χ2v) is 6.08. The normalized spacial score (nSPS) is 22.4. The molecule has 0 bridgehead atoms. The summed E-state index contributed by atoms with van der Waals surface area (Å²) < 4.78 is 18.6. The third-order valence-electron chi connectivity index (χ3n) is 4.03. The number of rotatable bonds is 4. The maximum absolute atomic E-state index is 12.9. The van der Waals surface area contributed by atoms with E-state index in [-0.39, 0.29) is 30.3 Å². The lowest BCUT2D eigenvalue weighted by Crippen LogP contribution is -2.52. The van der Waals surface area contributed by atoms with Gasteiger partial charge in [-0.15, -0.1) is 0 Å². The molecular formula is C16H22FNO3. The highest BCUT2D eigenvalue weighted by molar-refractivity contribution is 5.85. The van der Waals surface area contributed by atoms with Crippen LogP contribution < -0.4 is 4.74 Å². The van der Waals surface area contributed by atoms with Crippen molar-refractivity contribution in [2.24, 2.45) is 5.92 Å². The minimum atomic E-state index is -1.06. The fraction of sp³-hybridized carbons (Fsp3) is 0.562. The molecule has 0 spiro atoms. The summed E-state index contributed by atoms with van der Waals surface area (Å²) in [4.78, 5) is 14.4. The highest BCUT2D eigenvalue weighted by atomic mass is 19.1. The molecule has 1 saturated heterocycles. The van der Waals surface area contributed by atoms with E-state index in [2.05, 4.69) is 0 Å². The number of benzene rings is 1. The van der Waals surface area contributed by atoms with Gasteiger partial charge in [0, 0.05) is 6.54 Å². The summed E-state index contributed by atoms with van der Waals surface area (Å²) in [5.74, 6) is 0.221. The van der Waals surface area contributed by atoms with Gasteiger partial charge in [0.05, 0.1) is 12.6 Å². The molecule has 21 heavy (non-hydrogen) atoms. The van der Waals surface area contributed by atoms with Crippen molar-refractivity contribution in [3.05, 3.63) is 30.1 Å². The molecular weight excluding hydrogens is 273 g/mol. The van der Waals surface area contributed by atoms with Crippen molar-refractivity contribution in [2.45, 2.75) is 38.8 Å². The first-order valence-corrected chi connectivity index (χ1v) is 7.21. The van der Waals surface area contributed by atoms with Gasteiger partial charge in [-0.1, -0.05) is 6.92 Å². The van der Waals surface area contributed by atoms with Crippen LogP contribution in [-0.2, 0) is 4.79 Å². The van der Waals surface area contributed by atoms with Gasteiger partial charge in [0.25, 0.3) is 5.91 Å². The Morgan fingerprint density at radius 1 is 1.43 bits per heavy atom. The van der Waals surface area contributed by atoms with Crippen LogP contribution >= 0.6 is 0 Å². The Labute approximate surface area is 124 Å². The van der Waals surface area contributed by atoms with Crippen molar-refractivity contribution in [1.82, 2.24) is 4.90 Å². The average Bonchev–Trinajstić information content (AvgIpc) is 2.81. The molecule has 1 aromatic carbocycles. The van der Waals surface area contributed by atoms with Gasteiger partial charge in [-0.05, 0) is 50.5 Å². The van der Waals surface area contributed by atoms with E-state index < -0.39 is 5.60 Å². The van der Waals surface area contributed by atoms with Crippen LogP contribution in [0, 0.1) is 11.7 Å². The fourth-order valence-corrected chi connectivity index (χ4v) is 2.73. The Bertz CT molecular complexity index is 501. The molecule has 1 fully saturated rings. The first kappa shape index (κ1) is 15.8. The van der Waals surface area contributed by atoms with Crippen molar-refractivity contribution >= 4 is 5.91 Å². The molecule has 2 rings (SSSR count). The molecule has 1 aliphatic heterocycles. The highest BCUT2D eigenvalue weighted by Crippen LogP contribution is 2.28. The Balaban J connectivity index is 2.11. The first-order valence-electron chi connectivity index (χ1n) is 7.21. The maximum Gasteiger partial charge on any atom is 0.266 e. The molecule has 0 radical (unpaired) electrons. The van der Waals surface area contributed by atoms with Crippen LogP contribution in [0.25, 0.3) is 0 Å². The smallest absolute Gasteiger partial charge is 0.266 e. The van der Waals surface area contributed by atoms with Crippen LogP contribution in [0.1, 0.15) is 27.2 Å². The van der Waals surface area contributed by atoms with Crippen LogP contribution in [0.4, 0.5) is 4.39 Å². The third kappa shape index (κ3) is 3.35. The molecule has 2 unspecified atom stereocenters. The number of ether oxygens (including phenoxy) is 1. The predicted octanol–water partition coefficient (Wildman–Crippen LogP) is 2.21. The zero-order valence-corrected chi connectivity index (χ0v) is 12.7. The lowest BCUT2D eigenvalue weighted by Gasteiger charge is -2.33. The molecule has 0 aromatic heterocycles. The van der Waals surface area contributed by atoms with Gasteiger partial charge in [-0.25, -0.2) is 4.39 Å². The van der Waals surface area contributed by atoms with Crippen molar-refractivity contribution in [3.8, 4) is 5.75 Å². The van der Waals surface area contributed by atoms with E-state index in [0.717, 1.165) is 6.42 Å². The van der Waals surface area contributed by atoms with Gasteiger partial charge in [0.2, 0.25) is 0 Å².